The van der Waals surface area contributed by atoms with Crippen molar-refractivity contribution in [3.05, 3.63) is 23.8 Å². The smallest absolute Gasteiger partial charge is 0.187 e. The van der Waals surface area contributed by atoms with Crippen molar-refractivity contribution in [3.8, 4) is 0 Å². The molecule has 1 N–H and O–H groups in total. The number of aryl methyl sites for hydroxylation is 1. The molecule has 4 nitrogen and oxygen atoms in total. The highest BCUT2D eigenvalue weighted by molar-refractivity contribution is 7.92. The molecule has 0 fully saturated rings. The van der Waals surface area contributed by atoms with E-state index in [0.717, 1.165) is 11.3 Å². The maximum Gasteiger partial charge on any atom is 0.187 e. The second kappa shape index (κ2) is 3.99. The lowest BCUT2D eigenvalue weighted by Crippen LogP contribution is -2.49. The average molecular weight is 255 g/mol. The number of aliphatic hydroxyl groups excluding tert-OH is 1. The maximum absolute atomic E-state index is 12.3. The van der Waals surface area contributed by atoms with E-state index in [4.69, 9.17) is 0 Å². The molecule has 1 aliphatic rings. The van der Waals surface area contributed by atoms with Gasteiger partial charge in [0.05, 0.1) is 17.2 Å². The van der Waals surface area contributed by atoms with Crippen molar-refractivity contribution in [2.24, 2.45) is 0 Å². The van der Waals surface area contributed by atoms with Crippen molar-refractivity contribution in [2.75, 3.05) is 18.6 Å². The molecule has 0 aliphatic carbocycles. The molecule has 0 saturated carbocycles. The van der Waals surface area contributed by atoms with Gasteiger partial charge in [0.25, 0.3) is 0 Å². The van der Waals surface area contributed by atoms with Crippen LogP contribution in [0.15, 0.2) is 23.1 Å². The fourth-order valence-electron chi connectivity index (χ4n) is 2.29. The topological polar surface area (TPSA) is 57.6 Å². The van der Waals surface area contributed by atoms with Crippen molar-refractivity contribution >= 4 is 15.5 Å². The highest BCUT2D eigenvalue weighted by atomic mass is 32.2. The Morgan fingerprint density at radius 2 is 2.06 bits per heavy atom. The van der Waals surface area contributed by atoms with Gasteiger partial charge in [0.2, 0.25) is 0 Å². The predicted octanol–water partition coefficient (Wildman–Crippen LogP) is 0.968. The molecular weight excluding hydrogens is 238 g/mol. The standard InChI is InChI=1S/C12H17NO3S/c1-8-4-5-11-10(6-8)13(3)9(2)12(7-14)17(11,15)16/h4-6,9,12,14H,7H2,1-3H3. The molecule has 1 heterocycles. The van der Waals surface area contributed by atoms with Crippen molar-refractivity contribution < 1.29 is 13.5 Å². The fourth-order valence-corrected chi connectivity index (χ4v) is 4.26. The number of benzene rings is 1. The van der Waals surface area contributed by atoms with Gasteiger partial charge in [-0.1, -0.05) is 6.07 Å². The van der Waals surface area contributed by atoms with Crippen LogP contribution >= 0.6 is 0 Å². The van der Waals surface area contributed by atoms with Crippen LogP contribution in [0.2, 0.25) is 0 Å². The third kappa shape index (κ3) is 1.73. The van der Waals surface area contributed by atoms with E-state index < -0.39 is 15.1 Å². The number of rotatable bonds is 1. The first-order valence-electron chi connectivity index (χ1n) is 5.58. The Bertz CT molecular complexity index is 539. The normalized spacial score (nSPS) is 26.7. The molecule has 1 aromatic rings. The summed E-state index contributed by atoms with van der Waals surface area (Å²) >= 11 is 0. The Hall–Kier alpha value is -1.07. The summed E-state index contributed by atoms with van der Waals surface area (Å²) in [4.78, 5) is 2.24. The van der Waals surface area contributed by atoms with Crippen LogP contribution in [0.1, 0.15) is 12.5 Å². The van der Waals surface area contributed by atoms with Gasteiger partial charge in [0, 0.05) is 13.1 Å². The van der Waals surface area contributed by atoms with Gasteiger partial charge >= 0.3 is 0 Å². The minimum absolute atomic E-state index is 0.223. The predicted molar refractivity (Wildman–Crippen MR) is 67.1 cm³/mol. The van der Waals surface area contributed by atoms with Crippen LogP contribution in [-0.4, -0.2) is 38.5 Å². The number of aliphatic hydroxyl groups is 1. The number of hydrogen-bond acceptors (Lipinski definition) is 4. The van der Waals surface area contributed by atoms with E-state index in [9.17, 15) is 13.5 Å². The SMILES string of the molecule is Cc1ccc2c(c1)N(C)C(C)C(CO)S2(=O)=O. The van der Waals surface area contributed by atoms with Crippen LogP contribution in [0.5, 0.6) is 0 Å². The lowest BCUT2D eigenvalue weighted by molar-refractivity contribution is 0.277. The Morgan fingerprint density at radius 1 is 1.41 bits per heavy atom. The highest BCUT2D eigenvalue weighted by Crippen LogP contribution is 2.36. The van der Waals surface area contributed by atoms with Crippen LogP contribution in [0.3, 0.4) is 0 Å². The van der Waals surface area contributed by atoms with Gasteiger partial charge in [-0.15, -0.1) is 0 Å². The monoisotopic (exact) mass is 255 g/mol. The maximum atomic E-state index is 12.3. The summed E-state index contributed by atoms with van der Waals surface area (Å²) in [6.07, 6.45) is 0. The lowest BCUT2D eigenvalue weighted by atomic mass is 10.1. The molecule has 0 spiro atoms. The Labute approximate surface area is 102 Å². The highest BCUT2D eigenvalue weighted by Gasteiger charge is 2.40. The number of nitrogens with zero attached hydrogens (tertiary/aromatic N) is 1. The first-order valence-corrected chi connectivity index (χ1v) is 7.12. The average Bonchev–Trinajstić information content (AvgIpc) is 2.26. The van der Waals surface area contributed by atoms with Gasteiger partial charge in [-0.05, 0) is 31.5 Å². The molecule has 5 heteroatoms. The summed E-state index contributed by atoms with van der Waals surface area (Å²) < 4.78 is 24.6. The molecule has 0 radical (unpaired) electrons. The van der Waals surface area contributed by atoms with Crippen molar-refractivity contribution in [1.29, 1.82) is 0 Å². The summed E-state index contributed by atoms with van der Waals surface area (Å²) in [6, 6.07) is 5.07. The van der Waals surface area contributed by atoms with Crippen LogP contribution in [-0.2, 0) is 9.84 Å². The van der Waals surface area contributed by atoms with Gasteiger partial charge < -0.3 is 10.0 Å². The van der Waals surface area contributed by atoms with E-state index in [0.29, 0.717) is 4.90 Å². The summed E-state index contributed by atoms with van der Waals surface area (Å²) in [5, 5.41) is 8.54. The zero-order valence-electron chi connectivity index (χ0n) is 10.2. The molecule has 2 atom stereocenters. The zero-order chi connectivity index (χ0) is 12.8. The molecule has 0 bridgehead atoms. The number of hydrogen-bond donors (Lipinski definition) is 1. The van der Waals surface area contributed by atoms with E-state index in [1.165, 1.54) is 0 Å². The molecular formula is C12H17NO3S. The van der Waals surface area contributed by atoms with E-state index >= 15 is 0 Å². The first kappa shape index (κ1) is 12.4. The molecule has 94 valence electrons. The van der Waals surface area contributed by atoms with Crippen molar-refractivity contribution in [1.82, 2.24) is 0 Å². The van der Waals surface area contributed by atoms with E-state index in [2.05, 4.69) is 0 Å². The molecule has 0 aromatic heterocycles. The molecule has 2 unspecified atom stereocenters. The third-order valence-electron chi connectivity index (χ3n) is 3.53. The van der Waals surface area contributed by atoms with E-state index in [1.54, 1.807) is 12.1 Å². The molecule has 2 rings (SSSR count). The van der Waals surface area contributed by atoms with Gasteiger partial charge in [-0.2, -0.15) is 0 Å². The van der Waals surface area contributed by atoms with E-state index in [-0.39, 0.29) is 12.6 Å². The minimum Gasteiger partial charge on any atom is -0.395 e. The minimum atomic E-state index is -3.42. The molecule has 0 amide bonds. The zero-order valence-corrected chi connectivity index (χ0v) is 11.0. The summed E-state index contributed by atoms with van der Waals surface area (Å²) in [7, 11) is -1.56. The van der Waals surface area contributed by atoms with Gasteiger partial charge in [-0.3, -0.25) is 0 Å². The van der Waals surface area contributed by atoms with Gasteiger partial charge in [-0.25, -0.2) is 8.42 Å². The summed E-state index contributed by atoms with van der Waals surface area (Å²) in [5.41, 5.74) is 1.75. The van der Waals surface area contributed by atoms with Crippen LogP contribution in [0.4, 0.5) is 5.69 Å². The van der Waals surface area contributed by atoms with Crippen LogP contribution in [0, 0.1) is 6.92 Å². The van der Waals surface area contributed by atoms with E-state index in [1.807, 2.05) is 31.9 Å². The second-order valence-corrected chi connectivity index (χ2v) is 6.72. The quantitative estimate of drug-likeness (QED) is 0.812. The molecule has 1 aliphatic heterocycles. The molecule has 17 heavy (non-hydrogen) atoms. The largest absolute Gasteiger partial charge is 0.395 e. The molecule has 0 saturated heterocycles. The van der Waals surface area contributed by atoms with Gasteiger partial charge in [0.15, 0.2) is 9.84 Å². The lowest BCUT2D eigenvalue weighted by Gasteiger charge is -2.38. The number of fused-ring (bicyclic) bond motifs is 1. The van der Waals surface area contributed by atoms with Crippen LogP contribution in [0.25, 0.3) is 0 Å². The summed E-state index contributed by atoms with van der Waals surface area (Å²) in [6.45, 7) is 3.41. The van der Waals surface area contributed by atoms with Gasteiger partial charge in [0.1, 0.15) is 5.25 Å². The fraction of sp³-hybridized carbons (Fsp3) is 0.500. The third-order valence-corrected chi connectivity index (χ3v) is 5.83. The number of sulfone groups is 1. The second-order valence-electron chi connectivity index (χ2n) is 4.59. The van der Waals surface area contributed by atoms with Crippen molar-refractivity contribution in [3.63, 3.8) is 0 Å². The first-order chi connectivity index (χ1) is 7.89. The number of anilines is 1. The Kier molecular flexibility index (Phi) is 2.91. The summed E-state index contributed by atoms with van der Waals surface area (Å²) in [5.74, 6) is 0. The molecule has 1 aromatic carbocycles. The Morgan fingerprint density at radius 3 is 2.65 bits per heavy atom. The van der Waals surface area contributed by atoms with Crippen molar-refractivity contribution in [2.45, 2.75) is 30.0 Å². The Balaban J connectivity index is 2.70. The van der Waals surface area contributed by atoms with Crippen LogP contribution < -0.4 is 4.90 Å².